The summed E-state index contributed by atoms with van der Waals surface area (Å²) in [6.07, 6.45) is 2.12. The Morgan fingerprint density at radius 1 is 1.33 bits per heavy atom. The molecule has 0 bridgehead atoms. The van der Waals surface area contributed by atoms with Crippen LogP contribution in [0.5, 0.6) is 5.75 Å². The molecule has 0 atom stereocenters. The molecular formula is C15H23NO4S. The maximum Gasteiger partial charge on any atom is 0.243 e. The van der Waals surface area contributed by atoms with Crippen LogP contribution in [0, 0.1) is 0 Å². The van der Waals surface area contributed by atoms with Crippen LogP contribution in [0.2, 0.25) is 0 Å². The fourth-order valence-corrected chi connectivity index (χ4v) is 3.42. The van der Waals surface area contributed by atoms with Gasteiger partial charge in [-0.2, -0.15) is 4.31 Å². The van der Waals surface area contributed by atoms with E-state index in [-0.39, 0.29) is 24.1 Å². The SMILES string of the molecule is C=CCN(C(C)C)S(=O)(=O)c1ccc(OCCCO)cc1. The van der Waals surface area contributed by atoms with Gasteiger partial charge in [0, 0.05) is 25.6 Å². The summed E-state index contributed by atoms with van der Waals surface area (Å²) < 4.78 is 31.9. The Balaban J connectivity index is 2.90. The molecule has 118 valence electrons. The summed E-state index contributed by atoms with van der Waals surface area (Å²) in [6.45, 7) is 7.99. The van der Waals surface area contributed by atoms with Crippen LogP contribution >= 0.6 is 0 Å². The molecule has 1 N–H and O–H groups in total. The topological polar surface area (TPSA) is 66.8 Å². The van der Waals surface area contributed by atoms with Crippen molar-refractivity contribution in [3.8, 4) is 5.75 Å². The lowest BCUT2D eigenvalue weighted by molar-refractivity contribution is 0.233. The number of benzene rings is 1. The third-order valence-corrected chi connectivity index (χ3v) is 4.94. The Hall–Kier alpha value is -1.37. The van der Waals surface area contributed by atoms with Crippen molar-refractivity contribution < 1.29 is 18.3 Å². The van der Waals surface area contributed by atoms with Gasteiger partial charge in [0.1, 0.15) is 5.75 Å². The molecular weight excluding hydrogens is 290 g/mol. The average Bonchev–Trinajstić information content (AvgIpc) is 2.45. The van der Waals surface area contributed by atoms with Crippen LogP contribution < -0.4 is 4.74 Å². The summed E-state index contributed by atoms with van der Waals surface area (Å²) in [5.41, 5.74) is 0. The van der Waals surface area contributed by atoms with Crippen molar-refractivity contribution in [1.29, 1.82) is 0 Å². The molecule has 0 radical (unpaired) electrons. The minimum atomic E-state index is -3.54. The molecule has 21 heavy (non-hydrogen) atoms. The number of nitrogens with zero attached hydrogens (tertiary/aromatic N) is 1. The van der Waals surface area contributed by atoms with Crippen LogP contribution in [0.3, 0.4) is 0 Å². The zero-order chi connectivity index (χ0) is 15.9. The van der Waals surface area contributed by atoms with Crippen LogP contribution in [0.1, 0.15) is 20.3 Å². The van der Waals surface area contributed by atoms with Crippen LogP contribution in [0.15, 0.2) is 41.8 Å². The van der Waals surface area contributed by atoms with Gasteiger partial charge in [0.25, 0.3) is 0 Å². The molecule has 0 fully saturated rings. The maximum atomic E-state index is 12.5. The van der Waals surface area contributed by atoms with Gasteiger partial charge in [-0.05, 0) is 38.1 Å². The van der Waals surface area contributed by atoms with Crippen molar-refractivity contribution in [3.05, 3.63) is 36.9 Å². The summed E-state index contributed by atoms with van der Waals surface area (Å²) in [4.78, 5) is 0.229. The Morgan fingerprint density at radius 2 is 1.95 bits per heavy atom. The Kier molecular flexibility index (Phi) is 6.87. The van der Waals surface area contributed by atoms with Gasteiger partial charge >= 0.3 is 0 Å². The Morgan fingerprint density at radius 3 is 2.43 bits per heavy atom. The molecule has 0 saturated heterocycles. The number of aliphatic hydroxyl groups is 1. The number of sulfonamides is 1. The van der Waals surface area contributed by atoms with Crippen molar-refractivity contribution in [2.75, 3.05) is 19.8 Å². The van der Waals surface area contributed by atoms with Crippen LogP contribution in [0.4, 0.5) is 0 Å². The monoisotopic (exact) mass is 313 g/mol. The van der Waals surface area contributed by atoms with Crippen molar-refractivity contribution in [3.63, 3.8) is 0 Å². The first kappa shape index (κ1) is 17.7. The van der Waals surface area contributed by atoms with E-state index in [1.54, 1.807) is 18.2 Å². The van der Waals surface area contributed by atoms with Gasteiger partial charge < -0.3 is 9.84 Å². The van der Waals surface area contributed by atoms with Gasteiger partial charge in [0.05, 0.1) is 11.5 Å². The molecule has 0 unspecified atom stereocenters. The van der Waals surface area contributed by atoms with Gasteiger partial charge in [-0.1, -0.05) is 6.08 Å². The first-order valence-electron chi connectivity index (χ1n) is 6.90. The number of aliphatic hydroxyl groups excluding tert-OH is 1. The first-order valence-corrected chi connectivity index (χ1v) is 8.34. The Labute approximate surface area is 126 Å². The number of hydrogen-bond donors (Lipinski definition) is 1. The smallest absolute Gasteiger partial charge is 0.243 e. The van der Waals surface area contributed by atoms with E-state index < -0.39 is 10.0 Å². The molecule has 0 aromatic heterocycles. The highest BCUT2D eigenvalue weighted by molar-refractivity contribution is 7.89. The third kappa shape index (κ3) is 4.84. The van der Waals surface area contributed by atoms with Gasteiger partial charge in [-0.15, -0.1) is 6.58 Å². The first-order chi connectivity index (χ1) is 9.93. The third-order valence-electron chi connectivity index (χ3n) is 2.89. The molecule has 0 aliphatic rings. The van der Waals surface area contributed by atoms with Crippen molar-refractivity contribution in [2.45, 2.75) is 31.2 Å². The molecule has 1 aromatic carbocycles. The van der Waals surface area contributed by atoms with E-state index in [2.05, 4.69) is 6.58 Å². The second-order valence-corrected chi connectivity index (χ2v) is 6.74. The molecule has 1 rings (SSSR count). The van der Waals surface area contributed by atoms with Gasteiger partial charge in [0.15, 0.2) is 0 Å². The van der Waals surface area contributed by atoms with Crippen molar-refractivity contribution >= 4 is 10.0 Å². The lowest BCUT2D eigenvalue weighted by Gasteiger charge is -2.24. The van der Waals surface area contributed by atoms with E-state index in [0.717, 1.165) is 0 Å². The zero-order valence-electron chi connectivity index (χ0n) is 12.5. The lowest BCUT2D eigenvalue weighted by atomic mass is 10.3. The summed E-state index contributed by atoms with van der Waals surface area (Å²) >= 11 is 0. The van der Waals surface area contributed by atoms with Crippen molar-refractivity contribution in [2.24, 2.45) is 0 Å². The predicted octanol–water partition coefficient (Wildman–Crippen LogP) is 2.03. The molecule has 0 saturated carbocycles. The second kappa shape index (κ2) is 8.17. The predicted molar refractivity (Wildman–Crippen MR) is 82.9 cm³/mol. The highest BCUT2D eigenvalue weighted by Gasteiger charge is 2.25. The fraction of sp³-hybridized carbons (Fsp3) is 0.467. The molecule has 0 spiro atoms. The van der Waals surface area contributed by atoms with E-state index >= 15 is 0 Å². The molecule has 5 nitrogen and oxygen atoms in total. The zero-order valence-corrected chi connectivity index (χ0v) is 13.3. The normalized spacial score (nSPS) is 11.9. The van der Waals surface area contributed by atoms with Crippen LogP contribution in [-0.2, 0) is 10.0 Å². The Bertz CT molecular complexity index is 537. The quantitative estimate of drug-likeness (QED) is 0.559. The fourth-order valence-electron chi connectivity index (χ4n) is 1.81. The number of rotatable bonds is 9. The van der Waals surface area contributed by atoms with Gasteiger partial charge in [-0.3, -0.25) is 0 Å². The number of ether oxygens (including phenoxy) is 1. The van der Waals surface area contributed by atoms with E-state index in [1.807, 2.05) is 13.8 Å². The van der Waals surface area contributed by atoms with Gasteiger partial charge in [-0.25, -0.2) is 8.42 Å². The number of hydrogen-bond acceptors (Lipinski definition) is 4. The molecule has 0 amide bonds. The van der Waals surface area contributed by atoms with Gasteiger partial charge in [0.2, 0.25) is 10.0 Å². The molecule has 0 aliphatic carbocycles. The highest BCUT2D eigenvalue weighted by Crippen LogP contribution is 2.21. The summed E-state index contributed by atoms with van der Waals surface area (Å²) in [7, 11) is -3.54. The van der Waals surface area contributed by atoms with E-state index in [0.29, 0.717) is 18.8 Å². The van der Waals surface area contributed by atoms with Crippen LogP contribution in [-0.4, -0.2) is 43.6 Å². The largest absolute Gasteiger partial charge is 0.494 e. The molecule has 1 aromatic rings. The minimum Gasteiger partial charge on any atom is -0.494 e. The highest BCUT2D eigenvalue weighted by atomic mass is 32.2. The van der Waals surface area contributed by atoms with E-state index in [1.165, 1.54) is 16.4 Å². The molecule has 0 heterocycles. The average molecular weight is 313 g/mol. The summed E-state index contributed by atoms with van der Waals surface area (Å²) in [5, 5.41) is 8.69. The van der Waals surface area contributed by atoms with E-state index in [4.69, 9.17) is 9.84 Å². The molecule has 6 heteroatoms. The summed E-state index contributed by atoms with van der Waals surface area (Å²) in [6, 6.07) is 6.16. The maximum absolute atomic E-state index is 12.5. The minimum absolute atomic E-state index is 0.0668. The second-order valence-electron chi connectivity index (χ2n) is 4.85. The summed E-state index contributed by atoms with van der Waals surface area (Å²) in [5.74, 6) is 0.585. The lowest BCUT2D eigenvalue weighted by Crippen LogP contribution is -2.36. The van der Waals surface area contributed by atoms with Crippen molar-refractivity contribution in [1.82, 2.24) is 4.31 Å². The van der Waals surface area contributed by atoms with E-state index in [9.17, 15) is 8.42 Å². The van der Waals surface area contributed by atoms with Crippen LogP contribution in [0.25, 0.3) is 0 Å². The standard InChI is InChI=1S/C15H23NO4S/c1-4-10-16(13(2)3)21(18,19)15-8-6-14(7-9-15)20-12-5-11-17/h4,6-9,13,17H,1,5,10-12H2,2-3H3. The molecule has 0 aliphatic heterocycles.